The number of amides is 1. The van der Waals surface area contributed by atoms with E-state index in [4.69, 9.17) is 22.1 Å². The Morgan fingerprint density at radius 2 is 1.89 bits per heavy atom. The van der Waals surface area contributed by atoms with Crippen LogP contribution < -0.4 is 15.8 Å². The first-order valence-electron chi connectivity index (χ1n) is 5.60. The van der Waals surface area contributed by atoms with E-state index in [1.165, 1.54) is 7.11 Å². The van der Waals surface area contributed by atoms with Gasteiger partial charge in [-0.3, -0.25) is 4.79 Å². The van der Waals surface area contributed by atoms with Crippen molar-refractivity contribution in [2.24, 2.45) is 0 Å². The number of benzene rings is 2. The second kappa shape index (κ2) is 5.63. The number of rotatable bonds is 3. The van der Waals surface area contributed by atoms with Crippen molar-refractivity contribution in [3.8, 4) is 5.75 Å². The quantitative estimate of drug-likeness (QED) is 0.846. The van der Waals surface area contributed by atoms with Gasteiger partial charge in [0.1, 0.15) is 5.75 Å². The van der Waals surface area contributed by atoms with Crippen LogP contribution in [0.15, 0.2) is 42.5 Å². The van der Waals surface area contributed by atoms with Crippen LogP contribution in [-0.4, -0.2) is 13.0 Å². The Kier molecular flexibility index (Phi) is 3.92. The molecular weight excluding hydrogens is 264 g/mol. The highest BCUT2D eigenvalue weighted by Crippen LogP contribution is 2.24. The van der Waals surface area contributed by atoms with E-state index >= 15 is 0 Å². The molecule has 5 heteroatoms. The van der Waals surface area contributed by atoms with Crippen LogP contribution >= 0.6 is 11.6 Å². The first-order valence-corrected chi connectivity index (χ1v) is 5.98. The predicted octanol–water partition coefficient (Wildman–Crippen LogP) is 3.18. The van der Waals surface area contributed by atoms with Gasteiger partial charge in [-0.15, -0.1) is 0 Å². The van der Waals surface area contributed by atoms with Crippen LogP contribution in [0.2, 0.25) is 5.02 Å². The van der Waals surface area contributed by atoms with Gasteiger partial charge >= 0.3 is 0 Å². The number of nitrogen functional groups attached to an aromatic ring is 1. The smallest absolute Gasteiger partial charge is 0.255 e. The molecule has 0 atom stereocenters. The van der Waals surface area contributed by atoms with Gasteiger partial charge in [-0.05, 0) is 42.5 Å². The van der Waals surface area contributed by atoms with E-state index in [0.717, 1.165) is 0 Å². The summed E-state index contributed by atoms with van der Waals surface area (Å²) in [6, 6.07) is 11.7. The summed E-state index contributed by atoms with van der Waals surface area (Å²) in [5.41, 5.74) is 7.38. The molecule has 19 heavy (non-hydrogen) atoms. The van der Waals surface area contributed by atoms with Gasteiger partial charge in [-0.2, -0.15) is 0 Å². The summed E-state index contributed by atoms with van der Waals surface area (Å²) < 4.78 is 5.05. The van der Waals surface area contributed by atoms with Gasteiger partial charge in [0, 0.05) is 16.3 Å². The molecule has 2 aromatic rings. The van der Waals surface area contributed by atoms with E-state index in [-0.39, 0.29) is 5.91 Å². The second-order valence-electron chi connectivity index (χ2n) is 3.92. The zero-order chi connectivity index (χ0) is 13.8. The van der Waals surface area contributed by atoms with Crippen molar-refractivity contribution in [1.82, 2.24) is 0 Å². The number of hydrogen-bond acceptors (Lipinski definition) is 3. The standard InChI is InChI=1S/C14H13ClN2O2/c1-19-13-7-6-11(8-12(13)16)17-14(18)9-2-4-10(15)5-3-9/h2-8H,16H2,1H3,(H,17,18). The Morgan fingerprint density at radius 1 is 1.21 bits per heavy atom. The summed E-state index contributed by atoms with van der Waals surface area (Å²) in [7, 11) is 1.54. The number of hydrogen-bond donors (Lipinski definition) is 2. The topological polar surface area (TPSA) is 64.3 Å². The van der Waals surface area contributed by atoms with Crippen molar-refractivity contribution >= 4 is 28.9 Å². The maximum Gasteiger partial charge on any atom is 0.255 e. The third-order valence-corrected chi connectivity index (χ3v) is 2.85. The lowest BCUT2D eigenvalue weighted by Crippen LogP contribution is -2.11. The molecule has 0 radical (unpaired) electrons. The number of nitrogens with two attached hydrogens (primary N) is 1. The summed E-state index contributed by atoms with van der Waals surface area (Å²) in [4.78, 5) is 12.0. The second-order valence-corrected chi connectivity index (χ2v) is 4.35. The Morgan fingerprint density at radius 3 is 2.47 bits per heavy atom. The maximum atomic E-state index is 12.0. The molecule has 0 fully saturated rings. The summed E-state index contributed by atoms with van der Waals surface area (Å²) >= 11 is 5.77. The number of ether oxygens (including phenoxy) is 1. The van der Waals surface area contributed by atoms with Gasteiger partial charge in [0.25, 0.3) is 5.91 Å². The van der Waals surface area contributed by atoms with E-state index in [0.29, 0.717) is 27.7 Å². The molecule has 0 heterocycles. The monoisotopic (exact) mass is 276 g/mol. The minimum absolute atomic E-state index is 0.221. The first-order chi connectivity index (χ1) is 9.10. The van der Waals surface area contributed by atoms with Crippen molar-refractivity contribution in [2.75, 3.05) is 18.2 Å². The molecular formula is C14H13ClN2O2. The van der Waals surface area contributed by atoms with Crippen LogP contribution in [0, 0.1) is 0 Å². The molecule has 2 rings (SSSR count). The Bertz CT molecular complexity index is 597. The molecule has 0 aliphatic carbocycles. The summed E-state index contributed by atoms with van der Waals surface area (Å²) in [5.74, 6) is 0.353. The van der Waals surface area contributed by atoms with E-state index in [1.807, 2.05) is 0 Å². The van der Waals surface area contributed by atoms with Gasteiger partial charge in [0.15, 0.2) is 0 Å². The third-order valence-electron chi connectivity index (χ3n) is 2.59. The summed E-state index contributed by atoms with van der Waals surface area (Å²) in [5, 5.41) is 3.34. The average molecular weight is 277 g/mol. The largest absolute Gasteiger partial charge is 0.495 e. The van der Waals surface area contributed by atoms with Crippen LogP contribution in [0.1, 0.15) is 10.4 Å². The number of carbonyl (C=O) groups is 1. The van der Waals surface area contributed by atoms with Gasteiger partial charge in [-0.25, -0.2) is 0 Å². The van der Waals surface area contributed by atoms with Crippen LogP contribution in [0.3, 0.4) is 0 Å². The van der Waals surface area contributed by atoms with E-state index in [2.05, 4.69) is 5.32 Å². The van der Waals surface area contributed by atoms with Gasteiger partial charge < -0.3 is 15.8 Å². The van der Waals surface area contributed by atoms with Crippen molar-refractivity contribution in [3.05, 3.63) is 53.1 Å². The van der Waals surface area contributed by atoms with Crippen molar-refractivity contribution in [2.45, 2.75) is 0 Å². The van der Waals surface area contributed by atoms with Crippen molar-refractivity contribution < 1.29 is 9.53 Å². The highest BCUT2D eigenvalue weighted by atomic mass is 35.5. The first kappa shape index (κ1) is 13.2. The molecule has 0 aliphatic heterocycles. The molecule has 98 valence electrons. The fourth-order valence-corrected chi connectivity index (χ4v) is 1.74. The zero-order valence-corrected chi connectivity index (χ0v) is 11.1. The molecule has 0 saturated heterocycles. The number of nitrogens with one attached hydrogen (secondary N) is 1. The lowest BCUT2D eigenvalue weighted by Gasteiger charge is -2.08. The third kappa shape index (κ3) is 3.17. The van der Waals surface area contributed by atoms with Gasteiger partial charge in [0.05, 0.1) is 12.8 Å². The van der Waals surface area contributed by atoms with Gasteiger partial charge in [-0.1, -0.05) is 11.6 Å². The Hall–Kier alpha value is -2.20. The number of halogens is 1. The van der Waals surface area contributed by atoms with Crippen molar-refractivity contribution in [1.29, 1.82) is 0 Å². The SMILES string of the molecule is COc1ccc(NC(=O)c2ccc(Cl)cc2)cc1N. The molecule has 1 amide bonds. The van der Waals surface area contributed by atoms with E-state index in [1.54, 1.807) is 42.5 Å². The molecule has 0 saturated carbocycles. The molecule has 0 aliphatic rings. The Labute approximate surface area is 116 Å². The number of carbonyl (C=O) groups excluding carboxylic acids is 1. The van der Waals surface area contributed by atoms with Crippen molar-refractivity contribution in [3.63, 3.8) is 0 Å². The molecule has 3 N–H and O–H groups in total. The fourth-order valence-electron chi connectivity index (χ4n) is 1.62. The molecule has 0 unspecified atom stereocenters. The minimum atomic E-state index is -0.221. The lowest BCUT2D eigenvalue weighted by molar-refractivity contribution is 0.102. The molecule has 4 nitrogen and oxygen atoms in total. The predicted molar refractivity (Wildman–Crippen MR) is 76.8 cm³/mol. The molecule has 0 bridgehead atoms. The minimum Gasteiger partial charge on any atom is -0.495 e. The zero-order valence-electron chi connectivity index (χ0n) is 10.3. The average Bonchev–Trinajstić information content (AvgIpc) is 2.39. The maximum absolute atomic E-state index is 12.0. The van der Waals surface area contributed by atoms with Crippen LogP contribution in [0.25, 0.3) is 0 Å². The normalized spacial score (nSPS) is 10.0. The number of methoxy groups -OCH3 is 1. The Balaban J connectivity index is 2.14. The summed E-state index contributed by atoms with van der Waals surface area (Å²) in [6.45, 7) is 0. The van der Waals surface area contributed by atoms with E-state index < -0.39 is 0 Å². The molecule has 2 aromatic carbocycles. The van der Waals surface area contributed by atoms with Crippen LogP contribution in [0.5, 0.6) is 5.75 Å². The number of anilines is 2. The van der Waals surface area contributed by atoms with Gasteiger partial charge in [0.2, 0.25) is 0 Å². The summed E-state index contributed by atoms with van der Waals surface area (Å²) in [6.07, 6.45) is 0. The highest BCUT2D eigenvalue weighted by Gasteiger charge is 2.07. The van der Waals surface area contributed by atoms with E-state index in [9.17, 15) is 4.79 Å². The fraction of sp³-hybridized carbons (Fsp3) is 0.0714. The van der Waals surface area contributed by atoms with Crippen LogP contribution in [0.4, 0.5) is 11.4 Å². The lowest BCUT2D eigenvalue weighted by atomic mass is 10.2. The highest BCUT2D eigenvalue weighted by molar-refractivity contribution is 6.30. The molecule has 0 spiro atoms. The molecule has 0 aromatic heterocycles. The van der Waals surface area contributed by atoms with Crippen LogP contribution in [-0.2, 0) is 0 Å².